The van der Waals surface area contributed by atoms with Gasteiger partial charge in [0.05, 0.1) is 4.92 Å². The summed E-state index contributed by atoms with van der Waals surface area (Å²) in [5, 5.41) is 13.9. The molecule has 1 aliphatic rings. The zero-order chi connectivity index (χ0) is 14.0. The van der Waals surface area contributed by atoms with E-state index >= 15 is 0 Å². The number of halogens is 1. The highest BCUT2D eigenvalue weighted by Gasteiger charge is 2.26. The predicted molar refractivity (Wildman–Crippen MR) is 71.8 cm³/mol. The van der Waals surface area contributed by atoms with Gasteiger partial charge in [-0.2, -0.15) is 0 Å². The summed E-state index contributed by atoms with van der Waals surface area (Å²) in [6.45, 7) is 3.00. The molecule has 2 unspecified atom stereocenters. The summed E-state index contributed by atoms with van der Waals surface area (Å²) >= 11 is 0. The molecule has 0 spiro atoms. The van der Waals surface area contributed by atoms with Crippen molar-refractivity contribution in [2.24, 2.45) is 0 Å². The van der Waals surface area contributed by atoms with Crippen LogP contribution in [-0.4, -0.2) is 35.5 Å². The molecule has 1 N–H and O–H groups in total. The maximum absolute atomic E-state index is 13.8. The monoisotopic (exact) mass is 267 g/mol. The van der Waals surface area contributed by atoms with Gasteiger partial charge in [-0.15, -0.1) is 0 Å². The minimum atomic E-state index is -0.569. The van der Waals surface area contributed by atoms with E-state index in [2.05, 4.69) is 17.1 Å². The van der Waals surface area contributed by atoms with Gasteiger partial charge in [0.1, 0.15) is 5.69 Å². The summed E-state index contributed by atoms with van der Waals surface area (Å²) in [5.41, 5.74) is -0.194. The Labute approximate surface area is 111 Å². The Balaban J connectivity index is 2.17. The molecule has 5 nitrogen and oxygen atoms in total. The largest absolute Gasteiger partial charge is 0.374 e. The van der Waals surface area contributed by atoms with Gasteiger partial charge < -0.3 is 10.2 Å². The summed E-state index contributed by atoms with van der Waals surface area (Å²) in [6, 6.07) is 4.38. The van der Waals surface area contributed by atoms with Crippen molar-refractivity contribution in [3.05, 3.63) is 34.1 Å². The molecule has 0 aromatic heterocycles. The molecule has 104 valence electrons. The first-order chi connectivity index (χ1) is 8.99. The van der Waals surface area contributed by atoms with Crippen LogP contribution in [0.1, 0.15) is 19.8 Å². The third-order valence-electron chi connectivity index (χ3n) is 3.75. The summed E-state index contributed by atoms with van der Waals surface area (Å²) in [6.07, 6.45) is 1.70. The SMILES string of the molecule is CC1CC(Nc2c(F)cccc2[N+](=O)[O-])CCN1C. The average molecular weight is 267 g/mol. The molecule has 2 atom stereocenters. The number of hydrogen-bond donors (Lipinski definition) is 1. The number of hydrogen-bond acceptors (Lipinski definition) is 4. The number of para-hydroxylation sites is 1. The molecule has 1 fully saturated rings. The summed E-state index contributed by atoms with van der Waals surface area (Å²) in [4.78, 5) is 12.6. The van der Waals surface area contributed by atoms with Crippen molar-refractivity contribution < 1.29 is 9.31 Å². The lowest BCUT2D eigenvalue weighted by Crippen LogP contribution is -2.42. The Morgan fingerprint density at radius 1 is 1.53 bits per heavy atom. The Kier molecular flexibility index (Phi) is 3.99. The van der Waals surface area contributed by atoms with E-state index in [1.54, 1.807) is 0 Å². The van der Waals surface area contributed by atoms with Crippen LogP contribution in [0.4, 0.5) is 15.8 Å². The Bertz CT molecular complexity index is 481. The molecule has 1 aromatic carbocycles. The van der Waals surface area contributed by atoms with Gasteiger partial charge in [-0.3, -0.25) is 10.1 Å². The van der Waals surface area contributed by atoms with Gasteiger partial charge in [-0.05, 0) is 32.9 Å². The topological polar surface area (TPSA) is 58.4 Å². The zero-order valence-electron chi connectivity index (χ0n) is 11.1. The van der Waals surface area contributed by atoms with E-state index in [1.165, 1.54) is 18.2 Å². The molecule has 1 heterocycles. The molecule has 2 rings (SSSR count). The number of nitro groups is 1. The smallest absolute Gasteiger partial charge is 0.295 e. The fraction of sp³-hybridized carbons (Fsp3) is 0.538. The minimum absolute atomic E-state index is 0.00857. The second kappa shape index (κ2) is 5.52. The van der Waals surface area contributed by atoms with Crippen molar-refractivity contribution >= 4 is 11.4 Å². The fourth-order valence-electron chi connectivity index (χ4n) is 2.43. The molecule has 0 radical (unpaired) electrons. The second-order valence-electron chi connectivity index (χ2n) is 5.09. The molecule has 1 aromatic rings. The lowest BCUT2D eigenvalue weighted by atomic mass is 9.98. The van der Waals surface area contributed by atoms with Crippen LogP contribution in [-0.2, 0) is 0 Å². The Morgan fingerprint density at radius 2 is 2.26 bits per heavy atom. The zero-order valence-corrected chi connectivity index (χ0v) is 11.1. The molecule has 0 aliphatic carbocycles. The van der Waals surface area contributed by atoms with Crippen molar-refractivity contribution in [1.29, 1.82) is 0 Å². The molecule has 1 aliphatic heterocycles. The highest BCUT2D eigenvalue weighted by molar-refractivity contribution is 5.62. The number of rotatable bonds is 3. The number of nitrogens with one attached hydrogen (secondary N) is 1. The first-order valence-corrected chi connectivity index (χ1v) is 6.38. The van der Waals surface area contributed by atoms with E-state index in [0.717, 1.165) is 19.4 Å². The van der Waals surface area contributed by atoms with Crippen molar-refractivity contribution in [2.45, 2.75) is 31.8 Å². The third-order valence-corrected chi connectivity index (χ3v) is 3.75. The van der Waals surface area contributed by atoms with Gasteiger partial charge >= 0.3 is 0 Å². The van der Waals surface area contributed by atoms with Gasteiger partial charge in [0, 0.05) is 24.7 Å². The average Bonchev–Trinajstić information content (AvgIpc) is 2.36. The third kappa shape index (κ3) is 3.01. The van der Waals surface area contributed by atoms with Gasteiger partial charge in [0.15, 0.2) is 5.82 Å². The Hall–Kier alpha value is -1.69. The molecule has 6 heteroatoms. The molecule has 0 bridgehead atoms. The maximum atomic E-state index is 13.8. The lowest BCUT2D eigenvalue weighted by Gasteiger charge is -2.35. The summed E-state index contributed by atoms with van der Waals surface area (Å²) in [7, 11) is 2.05. The molecule has 0 saturated carbocycles. The van der Waals surface area contributed by atoms with Crippen LogP contribution in [0.25, 0.3) is 0 Å². The number of piperidine rings is 1. The van der Waals surface area contributed by atoms with Gasteiger partial charge in [0.2, 0.25) is 0 Å². The summed E-state index contributed by atoms with van der Waals surface area (Å²) in [5.74, 6) is -0.569. The van der Waals surface area contributed by atoms with Crippen LogP contribution in [0.2, 0.25) is 0 Å². The molecule has 1 saturated heterocycles. The predicted octanol–water partition coefficient (Wildman–Crippen LogP) is 2.63. The van der Waals surface area contributed by atoms with Gasteiger partial charge in [-0.25, -0.2) is 4.39 Å². The lowest BCUT2D eigenvalue weighted by molar-refractivity contribution is -0.384. The highest BCUT2D eigenvalue weighted by Crippen LogP contribution is 2.29. The van der Waals surface area contributed by atoms with Crippen LogP contribution in [0.3, 0.4) is 0 Å². The molecule has 0 amide bonds. The normalized spacial score (nSPS) is 24.2. The number of benzene rings is 1. The molecule has 19 heavy (non-hydrogen) atoms. The molecular formula is C13H18FN3O2. The van der Waals surface area contributed by atoms with E-state index < -0.39 is 10.7 Å². The van der Waals surface area contributed by atoms with Crippen LogP contribution < -0.4 is 5.32 Å². The number of likely N-dealkylation sites (tertiary alicyclic amines) is 1. The van der Waals surface area contributed by atoms with Crippen LogP contribution in [0, 0.1) is 15.9 Å². The molecular weight excluding hydrogens is 249 g/mol. The van der Waals surface area contributed by atoms with E-state index in [1.807, 2.05) is 7.05 Å². The number of anilines is 1. The van der Waals surface area contributed by atoms with Crippen molar-refractivity contribution in [3.8, 4) is 0 Å². The number of nitrogens with zero attached hydrogens (tertiary/aromatic N) is 2. The minimum Gasteiger partial charge on any atom is -0.374 e. The van der Waals surface area contributed by atoms with Gasteiger partial charge in [-0.1, -0.05) is 6.07 Å². The van der Waals surface area contributed by atoms with Crippen LogP contribution >= 0.6 is 0 Å². The van der Waals surface area contributed by atoms with Crippen molar-refractivity contribution in [2.75, 3.05) is 18.9 Å². The second-order valence-corrected chi connectivity index (χ2v) is 5.09. The standard InChI is InChI=1S/C13H18FN3O2/c1-9-8-10(6-7-16(9)2)15-13-11(14)4-3-5-12(13)17(18)19/h3-5,9-10,15H,6-8H2,1-2H3. The van der Waals surface area contributed by atoms with Crippen molar-refractivity contribution in [3.63, 3.8) is 0 Å². The van der Waals surface area contributed by atoms with Crippen LogP contribution in [0.15, 0.2) is 18.2 Å². The highest BCUT2D eigenvalue weighted by atomic mass is 19.1. The first kappa shape index (κ1) is 13.7. The summed E-state index contributed by atoms with van der Waals surface area (Å²) < 4.78 is 13.8. The quantitative estimate of drug-likeness (QED) is 0.675. The Morgan fingerprint density at radius 3 is 2.89 bits per heavy atom. The van der Waals surface area contributed by atoms with E-state index in [4.69, 9.17) is 0 Å². The van der Waals surface area contributed by atoms with Crippen LogP contribution in [0.5, 0.6) is 0 Å². The maximum Gasteiger partial charge on any atom is 0.295 e. The van der Waals surface area contributed by atoms with E-state index in [0.29, 0.717) is 6.04 Å². The first-order valence-electron chi connectivity index (χ1n) is 6.38. The van der Waals surface area contributed by atoms with Gasteiger partial charge in [0.25, 0.3) is 5.69 Å². The van der Waals surface area contributed by atoms with E-state index in [9.17, 15) is 14.5 Å². The van der Waals surface area contributed by atoms with Crippen molar-refractivity contribution in [1.82, 2.24) is 4.90 Å². The van der Waals surface area contributed by atoms with E-state index in [-0.39, 0.29) is 17.4 Å². The number of nitro benzene ring substituents is 1. The fourth-order valence-corrected chi connectivity index (χ4v) is 2.43.